The summed E-state index contributed by atoms with van der Waals surface area (Å²) in [5, 5.41) is 3.17. The van der Waals surface area contributed by atoms with Crippen LogP contribution in [0.2, 0.25) is 0 Å². The lowest BCUT2D eigenvalue weighted by atomic mass is 9.88. The van der Waals surface area contributed by atoms with Gasteiger partial charge in [0, 0.05) is 31.5 Å². The lowest BCUT2D eigenvalue weighted by Crippen LogP contribution is -2.42. The monoisotopic (exact) mass is 301 g/mol. The predicted molar refractivity (Wildman–Crippen MR) is 82.0 cm³/mol. The lowest BCUT2D eigenvalue weighted by Gasteiger charge is -2.34. The van der Waals surface area contributed by atoms with Crippen molar-refractivity contribution in [3.63, 3.8) is 0 Å². The second-order valence-electron chi connectivity index (χ2n) is 6.20. The second-order valence-corrected chi connectivity index (χ2v) is 8.20. The largest absolute Gasteiger partial charge is 0.363 e. The average Bonchev–Trinajstić information content (AvgIpc) is 2.82. The van der Waals surface area contributed by atoms with E-state index in [2.05, 4.69) is 10.3 Å². The highest BCUT2D eigenvalue weighted by atomic mass is 32.2. The first-order chi connectivity index (χ1) is 9.10. The normalized spacial score (nSPS) is 14.8. The van der Waals surface area contributed by atoms with E-state index in [4.69, 9.17) is 0 Å². The van der Waals surface area contributed by atoms with Crippen LogP contribution in [0.5, 0.6) is 0 Å². The molecule has 1 heterocycles. The van der Waals surface area contributed by atoms with Gasteiger partial charge in [0.1, 0.15) is 0 Å². The van der Waals surface area contributed by atoms with Crippen molar-refractivity contribution in [1.29, 1.82) is 0 Å². The van der Waals surface area contributed by atoms with Crippen LogP contribution in [0.25, 0.3) is 0 Å². The van der Waals surface area contributed by atoms with Gasteiger partial charge in [0.15, 0.2) is 0 Å². The number of aromatic amines is 1. The molecule has 6 heteroatoms. The van der Waals surface area contributed by atoms with Crippen molar-refractivity contribution in [3.05, 3.63) is 18.0 Å². The molecule has 0 saturated carbocycles. The van der Waals surface area contributed by atoms with E-state index in [0.717, 1.165) is 12.2 Å². The van der Waals surface area contributed by atoms with E-state index in [0.29, 0.717) is 11.4 Å². The zero-order chi connectivity index (χ0) is 15.6. The molecule has 0 saturated heterocycles. The van der Waals surface area contributed by atoms with E-state index < -0.39 is 10.0 Å². The third-order valence-electron chi connectivity index (χ3n) is 3.76. The van der Waals surface area contributed by atoms with Crippen molar-refractivity contribution in [1.82, 2.24) is 14.6 Å². The Morgan fingerprint density at radius 3 is 2.50 bits per heavy atom. The molecule has 1 unspecified atom stereocenters. The molecule has 116 valence electrons. The molecular formula is C14H27N3O2S. The molecule has 0 fully saturated rings. The molecule has 0 amide bonds. The van der Waals surface area contributed by atoms with Crippen LogP contribution < -0.4 is 5.32 Å². The minimum absolute atomic E-state index is 0.0837. The fourth-order valence-corrected chi connectivity index (χ4v) is 3.41. The number of aromatic nitrogens is 1. The van der Waals surface area contributed by atoms with Crippen molar-refractivity contribution < 1.29 is 8.42 Å². The topological polar surface area (TPSA) is 65.2 Å². The van der Waals surface area contributed by atoms with E-state index >= 15 is 0 Å². The first kappa shape index (κ1) is 17.2. The highest BCUT2D eigenvalue weighted by Gasteiger charge is 2.32. The number of nitrogens with one attached hydrogen (secondary N) is 2. The average molecular weight is 301 g/mol. The van der Waals surface area contributed by atoms with E-state index in [1.807, 2.05) is 34.6 Å². The summed E-state index contributed by atoms with van der Waals surface area (Å²) in [6.45, 7) is 11.6. The molecule has 0 aliphatic heterocycles. The quantitative estimate of drug-likeness (QED) is 0.846. The van der Waals surface area contributed by atoms with Gasteiger partial charge in [0.25, 0.3) is 0 Å². The molecular weight excluding hydrogens is 274 g/mol. The highest BCUT2D eigenvalue weighted by Crippen LogP contribution is 2.27. The maximum Gasteiger partial charge on any atom is 0.244 e. The molecule has 0 radical (unpaired) electrons. The molecule has 2 N–H and O–H groups in total. The molecule has 0 aliphatic rings. The summed E-state index contributed by atoms with van der Waals surface area (Å²) in [6.07, 6.45) is 1.56. The Bertz CT molecular complexity index is 529. The Morgan fingerprint density at radius 2 is 2.00 bits per heavy atom. The Hall–Kier alpha value is -0.850. The summed E-state index contributed by atoms with van der Waals surface area (Å²) in [5.74, 6) is 0. The van der Waals surface area contributed by atoms with Crippen LogP contribution in [0.15, 0.2) is 17.2 Å². The van der Waals surface area contributed by atoms with Gasteiger partial charge in [-0.25, -0.2) is 8.42 Å². The van der Waals surface area contributed by atoms with Crippen molar-refractivity contribution in [2.75, 3.05) is 13.6 Å². The van der Waals surface area contributed by atoms with Gasteiger partial charge in [0.2, 0.25) is 10.0 Å². The van der Waals surface area contributed by atoms with Crippen molar-refractivity contribution >= 4 is 10.0 Å². The van der Waals surface area contributed by atoms with Gasteiger partial charge in [-0.1, -0.05) is 27.7 Å². The third-order valence-corrected chi connectivity index (χ3v) is 5.66. The molecule has 0 spiro atoms. The number of nitrogens with zero attached hydrogens (tertiary/aromatic N) is 1. The zero-order valence-electron chi connectivity index (χ0n) is 13.3. The fraction of sp³-hybridized carbons (Fsp3) is 0.714. The summed E-state index contributed by atoms with van der Waals surface area (Å²) in [4.78, 5) is 3.33. The van der Waals surface area contributed by atoms with Gasteiger partial charge in [-0.05, 0) is 24.9 Å². The van der Waals surface area contributed by atoms with Gasteiger partial charge < -0.3 is 10.3 Å². The maximum absolute atomic E-state index is 12.6. The second kappa shape index (κ2) is 6.28. The molecule has 5 nitrogen and oxygen atoms in total. The lowest BCUT2D eigenvalue weighted by molar-refractivity contribution is 0.216. The summed E-state index contributed by atoms with van der Waals surface area (Å²) in [7, 11) is -1.81. The molecule has 0 aromatic carbocycles. The Balaban J connectivity index is 2.96. The van der Waals surface area contributed by atoms with E-state index in [9.17, 15) is 8.42 Å². The van der Waals surface area contributed by atoms with Crippen LogP contribution in [0.1, 0.15) is 40.3 Å². The number of rotatable bonds is 6. The van der Waals surface area contributed by atoms with E-state index in [1.54, 1.807) is 19.3 Å². The highest BCUT2D eigenvalue weighted by molar-refractivity contribution is 7.89. The van der Waals surface area contributed by atoms with Gasteiger partial charge in [-0.3, -0.25) is 0 Å². The number of hydrogen-bond donors (Lipinski definition) is 2. The smallest absolute Gasteiger partial charge is 0.244 e. The SMILES string of the molecule is CCNCc1cc(S(=O)(=O)N(C)C(C)C(C)(C)C)c[nH]1. The third kappa shape index (κ3) is 3.84. The van der Waals surface area contributed by atoms with Gasteiger partial charge >= 0.3 is 0 Å². The van der Waals surface area contributed by atoms with E-state index in [1.165, 1.54) is 4.31 Å². The fourth-order valence-electron chi connectivity index (χ4n) is 1.85. The van der Waals surface area contributed by atoms with Crippen molar-refractivity contribution in [2.24, 2.45) is 5.41 Å². The first-order valence-electron chi connectivity index (χ1n) is 6.96. The van der Waals surface area contributed by atoms with Crippen LogP contribution in [-0.2, 0) is 16.6 Å². The molecule has 1 aromatic heterocycles. The standard InChI is InChI=1S/C14H27N3O2S/c1-7-15-9-12-8-13(10-16-12)20(18,19)17(6)11(2)14(3,4)5/h8,10-11,15-16H,7,9H2,1-6H3. The first-order valence-corrected chi connectivity index (χ1v) is 8.40. The van der Waals surface area contributed by atoms with E-state index in [-0.39, 0.29) is 11.5 Å². The number of sulfonamides is 1. The molecule has 1 atom stereocenters. The van der Waals surface area contributed by atoms with Crippen molar-refractivity contribution in [2.45, 2.75) is 52.1 Å². The van der Waals surface area contributed by atoms with Crippen LogP contribution in [0, 0.1) is 5.41 Å². The summed E-state index contributed by atoms with van der Waals surface area (Å²) in [6, 6.07) is 1.61. The Labute approximate surface area is 122 Å². The molecule has 0 bridgehead atoms. The van der Waals surface area contributed by atoms with Gasteiger partial charge in [0.05, 0.1) is 4.90 Å². The van der Waals surface area contributed by atoms with Crippen LogP contribution in [0.3, 0.4) is 0 Å². The number of H-pyrrole nitrogens is 1. The summed E-state index contributed by atoms with van der Waals surface area (Å²) >= 11 is 0. The maximum atomic E-state index is 12.6. The molecule has 20 heavy (non-hydrogen) atoms. The molecule has 1 rings (SSSR count). The summed E-state index contributed by atoms with van der Waals surface area (Å²) in [5.41, 5.74) is 0.771. The van der Waals surface area contributed by atoms with Crippen LogP contribution in [0.4, 0.5) is 0 Å². The minimum Gasteiger partial charge on any atom is -0.363 e. The zero-order valence-corrected chi connectivity index (χ0v) is 14.1. The molecule has 0 aliphatic carbocycles. The Kier molecular flexibility index (Phi) is 5.40. The summed E-state index contributed by atoms with van der Waals surface area (Å²) < 4.78 is 26.6. The van der Waals surface area contributed by atoms with Crippen molar-refractivity contribution in [3.8, 4) is 0 Å². The Morgan fingerprint density at radius 1 is 1.40 bits per heavy atom. The minimum atomic E-state index is -3.45. The van der Waals surface area contributed by atoms with Gasteiger partial charge in [-0.15, -0.1) is 0 Å². The predicted octanol–water partition coefficient (Wildman–Crippen LogP) is 2.18. The van der Waals surface area contributed by atoms with Gasteiger partial charge in [-0.2, -0.15) is 4.31 Å². The van der Waals surface area contributed by atoms with Crippen LogP contribution in [-0.4, -0.2) is 37.3 Å². The van der Waals surface area contributed by atoms with Crippen LogP contribution >= 0.6 is 0 Å². The molecule has 1 aromatic rings. The number of hydrogen-bond acceptors (Lipinski definition) is 3.